The zero-order valence-electron chi connectivity index (χ0n) is 18.9. The molecule has 0 spiro atoms. The monoisotopic (exact) mass is 434 g/mol. The maximum atomic E-state index is 13.7. The van der Waals surface area contributed by atoms with Crippen molar-refractivity contribution >= 4 is 0 Å². The number of para-hydroxylation sites is 1. The number of aromatic nitrogens is 2. The van der Waals surface area contributed by atoms with Crippen LogP contribution in [0.15, 0.2) is 53.3 Å². The third kappa shape index (κ3) is 4.93. The van der Waals surface area contributed by atoms with Crippen molar-refractivity contribution in [2.24, 2.45) is 5.92 Å². The first-order chi connectivity index (χ1) is 15.6. The molecule has 0 atom stereocenters. The predicted octanol–water partition coefficient (Wildman–Crippen LogP) is 5.73. The van der Waals surface area contributed by atoms with E-state index in [1.54, 1.807) is 17.9 Å². The van der Waals surface area contributed by atoms with Crippen LogP contribution < -0.4 is 10.3 Å². The number of nitrogens with zero attached hydrogens (tertiary/aromatic N) is 2. The van der Waals surface area contributed by atoms with Gasteiger partial charge in [0, 0.05) is 23.2 Å². The Balaban J connectivity index is 1.77. The average Bonchev–Trinajstić information content (AvgIpc) is 2.81. The quantitative estimate of drug-likeness (QED) is 0.477. The molecule has 168 valence electrons. The molecule has 0 aliphatic heterocycles. The van der Waals surface area contributed by atoms with E-state index >= 15 is 0 Å². The molecule has 4 nitrogen and oxygen atoms in total. The van der Waals surface area contributed by atoms with Gasteiger partial charge in [-0.3, -0.25) is 4.79 Å². The lowest BCUT2D eigenvalue weighted by molar-refractivity contribution is 0.301. The Kier molecular flexibility index (Phi) is 7.03. The first kappa shape index (κ1) is 22.3. The van der Waals surface area contributed by atoms with Crippen molar-refractivity contribution in [2.45, 2.75) is 58.4 Å². The number of benzene rings is 2. The number of aryl methyl sites for hydroxylation is 2. The highest BCUT2D eigenvalue weighted by atomic mass is 19.1. The summed E-state index contributed by atoms with van der Waals surface area (Å²) < 4.78 is 21.0. The minimum atomic E-state index is -0.256. The van der Waals surface area contributed by atoms with Crippen molar-refractivity contribution in [3.8, 4) is 16.9 Å². The fraction of sp³-hybridized carbons (Fsp3) is 0.407. The topological polar surface area (TPSA) is 44.1 Å². The molecule has 0 radical (unpaired) electrons. The van der Waals surface area contributed by atoms with Gasteiger partial charge in [0.05, 0.1) is 12.8 Å². The molecule has 0 amide bonds. The van der Waals surface area contributed by atoms with E-state index in [-0.39, 0.29) is 11.4 Å². The summed E-state index contributed by atoms with van der Waals surface area (Å²) in [5.74, 6) is 0.962. The number of ether oxygens (including phenoxy) is 1. The minimum Gasteiger partial charge on any atom is -0.496 e. The first-order valence-electron chi connectivity index (χ1n) is 11.5. The van der Waals surface area contributed by atoms with Crippen LogP contribution in [0, 0.1) is 18.7 Å². The van der Waals surface area contributed by atoms with Gasteiger partial charge < -0.3 is 4.74 Å². The van der Waals surface area contributed by atoms with Gasteiger partial charge in [-0.25, -0.2) is 9.07 Å². The summed E-state index contributed by atoms with van der Waals surface area (Å²) in [5, 5.41) is 4.74. The largest absolute Gasteiger partial charge is 0.496 e. The van der Waals surface area contributed by atoms with Gasteiger partial charge in [0.25, 0.3) is 5.56 Å². The van der Waals surface area contributed by atoms with Crippen molar-refractivity contribution < 1.29 is 9.13 Å². The van der Waals surface area contributed by atoms with E-state index in [2.05, 4.69) is 0 Å². The SMILES string of the molecule is COc1ccccc1-c1c(C)nn(CC2CCCCC2)c(=O)c1CCc1cccc(F)c1. The van der Waals surface area contributed by atoms with Gasteiger partial charge in [0.1, 0.15) is 11.6 Å². The molecule has 0 bridgehead atoms. The lowest BCUT2D eigenvalue weighted by Gasteiger charge is -2.23. The molecule has 1 fully saturated rings. The normalized spacial score (nSPS) is 14.5. The van der Waals surface area contributed by atoms with Gasteiger partial charge in [-0.05, 0) is 62.3 Å². The number of hydrogen-bond acceptors (Lipinski definition) is 3. The lowest BCUT2D eigenvalue weighted by atomic mass is 9.89. The summed E-state index contributed by atoms with van der Waals surface area (Å²) in [6.07, 6.45) is 7.14. The van der Waals surface area contributed by atoms with E-state index in [9.17, 15) is 9.18 Å². The first-order valence-corrected chi connectivity index (χ1v) is 11.5. The average molecular weight is 435 g/mol. The third-order valence-corrected chi connectivity index (χ3v) is 6.51. The minimum absolute atomic E-state index is 0.0431. The Labute approximate surface area is 189 Å². The van der Waals surface area contributed by atoms with Crippen LogP contribution in [0.25, 0.3) is 11.1 Å². The molecular formula is C27H31FN2O2. The molecule has 2 aromatic carbocycles. The second kappa shape index (κ2) is 10.1. The number of hydrogen-bond donors (Lipinski definition) is 0. The maximum Gasteiger partial charge on any atom is 0.270 e. The Morgan fingerprint density at radius 3 is 2.59 bits per heavy atom. The second-order valence-electron chi connectivity index (χ2n) is 8.76. The summed E-state index contributed by atoms with van der Waals surface area (Å²) in [4.78, 5) is 13.7. The highest BCUT2D eigenvalue weighted by Crippen LogP contribution is 2.33. The van der Waals surface area contributed by atoms with Crippen molar-refractivity contribution in [3.63, 3.8) is 0 Å². The van der Waals surface area contributed by atoms with Gasteiger partial charge in [-0.1, -0.05) is 49.6 Å². The van der Waals surface area contributed by atoms with Gasteiger partial charge in [0.2, 0.25) is 0 Å². The molecule has 0 N–H and O–H groups in total. The van der Waals surface area contributed by atoms with E-state index < -0.39 is 0 Å². The second-order valence-corrected chi connectivity index (χ2v) is 8.76. The van der Waals surface area contributed by atoms with Gasteiger partial charge >= 0.3 is 0 Å². The zero-order valence-corrected chi connectivity index (χ0v) is 18.9. The number of halogens is 1. The van der Waals surface area contributed by atoms with Crippen molar-refractivity contribution in [3.05, 3.63) is 81.5 Å². The highest BCUT2D eigenvalue weighted by Gasteiger charge is 2.22. The Bertz CT molecular complexity index is 1130. The fourth-order valence-corrected chi connectivity index (χ4v) is 4.90. The molecule has 0 unspecified atom stereocenters. The Hall–Kier alpha value is -2.95. The number of rotatable bonds is 7. The fourth-order valence-electron chi connectivity index (χ4n) is 4.90. The smallest absolute Gasteiger partial charge is 0.270 e. The van der Waals surface area contributed by atoms with Crippen LogP contribution in [0.3, 0.4) is 0 Å². The Morgan fingerprint density at radius 1 is 1.06 bits per heavy atom. The van der Waals surface area contributed by atoms with Gasteiger partial charge in [-0.15, -0.1) is 0 Å². The molecule has 1 saturated carbocycles. The molecule has 32 heavy (non-hydrogen) atoms. The molecule has 1 aliphatic rings. The van der Waals surface area contributed by atoms with Crippen LogP contribution in [-0.2, 0) is 19.4 Å². The van der Waals surface area contributed by atoms with E-state index in [0.29, 0.717) is 31.1 Å². The van der Waals surface area contributed by atoms with Gasteiger partial charge in [0.15, 0.2) is 0 Å². The van der Waals surface area contributed by atoms with Crippen LogP contribution >= 0.6 is 0 Å². The van der Waals surface area contributed by atoms with Crippen molar-refractivity contribution in [1.82, 2.24) is 9.78 Å². The van der Waals surface area contributed by atoms with Crippen LogP contribution in [0.5, 0.6) is 5.75 Å². The summed E-state index contributed by atoms with van der Waals surface area (Å²) in [5.41, 5.74) is 4.09. The molecule has 0 saturated heterocycles. The van der Waals surface area contributed by atoms with Crippen molar-refractivity contribution in [2.75, 3.05) is 7.11 Å². The van der Waals surface area contributed by atoms with E-state index in [4.69, 9.17) is 9.84 Å². The molecule has 3 aromatic rings. The molecule has 5 heteroatoms. The molecule has 4 rings (SSSR count). The third-order valence-electron chi connectivity index (χ3n) is 6.51. The molecule has 1 aliphatic carbocycles. The molecule has 1 aromatic heterocycles. The Morgan fingerprint density at radius 2 is 1.84 bits per heavy atom. The summed E-state index contributed by atoms with van der Waals surface area (Å²) >= 11 is 0. The lowest BCUT2D eigenvalue weighted by Crippen LogP contribution is -2.31. The van der Waals surface area contributed by atoms with Crippen LogP contribution in [0.1, 0.15) is 48.9 Å². The van der Waals surface area contributed by atoms with Gasteiger partial charge in [-0.2, -0.15) is 5.10 Å². The van der Waals surface area contributed by atoms with Crippen LogP contribution in [-0.4, -0.2) is 16.9 Å². The molecule has 1 heterocycles. The van der Waals surface area contributed by atoms with E-state index in [1.807, 2.05) is 37.3 Å². The zero-order chi connectivity index (χ0) is 22.5. The predicted molar refractivity (Wildman–Crippen MR) is 126 cm³/mol. The summed E-state index contributed by atoms with van der Waals surface area (Å²) in [6.45, 7) is 2.63. The van der Waals surface area contributed by atoms with E-state index in [1.165, 1.54) is 31.4 Å². The van der Waals surface area contributed by atoms with Crippen LogP contribution in [0.2, 0.25) is 0 Å². The highest BCUT2D eigenvalue weighted by molar-refractivity contribution is 5.74. The maximum absolute atomic E-state index is 13.7. The van der Waals surface area contributed by atoms with Crippen LogP contribution in [0.4, 0.5) is 4.39 Å². The number of methoxy groups -OCH3 is 1. The summed E-state index contributed by atoms with van der Waals surface area (Å²) in [6, 6.07) is 14.3. The van der Waals surface area contributed by atoms with E-state index in [0.717, 1.165) is 40.8 Å². The standard InChI is InChI=1S/C27H31FN2O2/c1-19-26(23-13-6-7-14-25(23)32-2)24(16-15-20-11-8-12-22(28)17-20)27(31)30(29-19)18-21-9-4-3-5-10-21/h6-8,11-14,17,21H,3-5,9-10,15-16,18H2,1-2H3. The molecular weight excluding hydrogens is 403 g/mol. The summed E-state index contributed by atoms with van der Waals surface area (Å²) in [7, 11) is 1.64. The van der Waals surface area contributed by atoms with Crippen molar-refractivity contribution in [1.29, 1.82) is 0 Å².